The van der Waals surface area contributed by atoms with Crippen LogP contribution in [-0.2, 0) is 0 Å². The molecule has 0 aromatic heterocycles. The zero-order valence-electron chi connectivity index (χ0n) is 12.1. The second-order valence-electron chi connectivity index (χ2n) is 4.69. The van der Waals surface area contributed by atoms with E-state index >= 15 is 0 Å². The highest BCUT2D eigenvalue weighted by Gasteiger charge is 2.18. The van der Waals surface area contributed by atoms with E-state index in [0.717, 1.165) is 5.56 Å². The number of urea groups is 1. The summed E-state index contributed by atoms with van der Waals surface area (Å²) in [5, 5.41) is 0. The molecule has 21 heavy (non-hydrogen) atoms. The van der Waals surface area contributed by atoms with Gasteiger partial charge in [-0.1, -0.05) is 36.9 Å². The van der Waals surface area contributed by atoms with E-state index in [1.807, 2.05) is 30.3 Å². The van der Waals surface area contributed by atoms with Gasteiger partial charge in [0.05, 0.1) is 0 Å². The molecule has 2 rings (SSSR count). The van der Waals surface area contributed by atoms with Gasteiger partial charge in [-0.3, -0.25) is 9.80 Å². The first-order chi connectivity index (χ1) is 10.0. The summed E-state index contributed by atoms with van der Waals surface area (Å²) in [6.45, 7) is 3.95. The minimum atomic E-state index is -0.332. The van der Waals surface area contributed by atoms with Gasteiger partial charge < -0.3 is 0 Å². The summed E-state index contributed by atoms with van der Waals surface area (Å²) in [5.41, 5.74) is 2.10. The third-order valence-corrected chi connectivity index (χ3v) is 3.30. The second-order valence-corrected chi connectivity index (χ2v) is 4.69. The molecular weight excluding hydrogens is 267 g/mol. The maximum absolute atomic E-state index is 12.9. The van der Waals surface area contributed by atoms with Gasteiger partial charge in [0.1, 0.15) is 5.82 Å². The molecule has 0 radical (unpaired) electrons. The number of hydrogen-bond donors (Lipinski definition) is 0. The molecule has 0 bridgehead atoms. The van der Waals surface area contributed by atoms with Crippen molar-refractivity contribution in [1.29, 1.82) is 0 Å². The van der Waals surface area contributed by atoms with Crippen molar-refractivity contribution in [3.05, 3.63) is 72.6 Å². The highest BCUT2D eigenvalue weighted by Crippen LogP contribution is 2.20. The number of amides is 2. The zero-order chi connectivity index (χ0) is 15.4. The third kappa shape index (κ3) is 3.28. The van der Waals surface area contributed by atoms with Crippen LogP contribution in [-0.4, -0.2) is 25.0 Å². The van der Waals surface area contributed by atoms with Crippen molar-refractivity contribution in [1.82, 2.24) is 4.90 Å². The number of carbonyl (C=O) groups is 1. The Bertz CT molecular complexity index is 638. The molecule has 0 heterocycles. The maximum Gasteiger partial charge on any atom is 0.328 e. The summed E-state index contributed by atoms with van der Waals surface area (Å²) in [4.78, 5) is 15.4. The van der Waals surface area contributed by atoms with E-state index in [0.29, 0.717) is 11.4 Å². The number of rotatable bonds is 3. The molecule has 0 spiro atoms. The quantitative estimate of drug-likeness (QED) is 0.836. The summed E-state index contributed by atoms with van der Waals surface area (Å²) in [7, 11) is 3.31. The van der Waals surface area contributed by atoms with E-state index in [4.69, 9.17) is 0 Å². The molecule has 0 saturated heterocycles. The molecule has 0 aliphatic rings. The fourth-order valence-electron chi connectivity index (χ4n) is 1.94. The number of hydrogen-bond acceptors (Lipinski definition) is 1. The Morgan fingerprint density at radius 2 is 1.57 bits per heavy atom. The zero-order valence-corrected chi connectivity index (χ0v) is 12.1. The van der Waals surface area contributed by atoms with Crippen LogP contribution in [0.2, 0.25) is 0 Å². The Morgan fingerprint density at radius 1 is 1.00 bits per heavy atom. The van der Waals surface area contributed by atoms with E-state index in [1.165, 1.54) is 21.9 Å². The molecule has 0 atom stereocenters. The van der Waals surface area contributed by atoms with Crippen LogP contribution < -0.4 is 4.90 Å². The summed E-state index contributed by atoms with van der Waals surface area (Å²) < 4.78 is 12.9. The van der Waals surface area contributed by atoms with Gasteiger partial charge in [0.25, 0.3) is 0 Å². The summed E-state index contributed by atoms with van der Waals surface area (Å²) in [6.07, 6.45) is 0. The predicted octanol–water partition coefficient (Wildman–Crippen LogP) is 3.98. The average Bonchev–Trinajstić information content (AvgIpc) is 2.53. The van der Waals surface area contributed by atoms with Crippen LogP contribution in [0.4, 0.5) is 14.9 Å². The van der Waals surface area contributed by atoms with Gasteiger partial charge in [0, 0.05) is 25.5 Å². The fraction of sp³-hybridized carbons (Fsp3) is 0.118. The van der Waals surface area contributed by atoms with Gasteiger partial charge in [-0.05, 0) is 29.8 Å². The second kappa shape index (κ2) is 6.22. The lowest BCUT2D eigenvalue weighted by atomic mass is 10.1. The predicted molar refractivity (Wildman–Crippen MR) is 83.4 cm³/mol. The molecular formula is C17H17FN2O. The first-order valence-corrected chi connectivity index (χ1v) is 6.52. The molecule has 108 valence electrons. The Labute approximate surface area is 123 Å². The maximum atomic E-state index is 12.9. The molecule has 4 heteroatoms. The standard InChI is InChI=1S/C17H17FN2O/c1-13(14-7-5-4-6-8-14)19(2)17(21)20(3)16-11-9-15(18)10-12-16/h4-12H,1H2,2-3H3. The van der Waals surface area contributed by atoms with Crippen LogP contribution in [0.15, 0.2) is 61.2 Å². The lowest BCUT2D eigenvalue weighted by molar-refractivity contribution is 0.232. The van der Waals surface area contributed by atoms with Crippen molar-refractivity contribution in [3.63, 3.8) is 0 Å². The number of benzene rings is 2. The van der Waals surface area contributed by atoms with Gasteiger partial charge in [-0.25, -0.2) is 9.18 Å². The Hall–Kier alpha value is -2.62. The number of carbonyl (C=O) groups excluding carboxylic acids is 1. The highest BCUT2D eigenvalue weighted by molar-refractivity contribution is 5.96. The van der Waals surface area contributed by atoms with Crippen LogP contribution in [0.25, 0.3) is 5.70 Å². The van der Waals surface area contributed by atoms with Gasteiger partial charge in [0.15, 0.2) is 0 Å². The van der Waals surface area contributed by atoms with Crippen molar-refractivity contribution >= 4 is 17.4 Å². The largest absolute Gasteiger partial charge is 0.328 e. The average molecular weight is 284 g/mol. The molecule has 2 aromatic rings. The molecule has 0 fully saturated rings. The van der Waals surface area contributed by atoms with Crippen LogP contribution in [0, 0.1) is 5.82 Å². The molecule has 2 aromatic carbocycles. The molecule has 3 nitrogen and oxygen atoms in total. The minimum absolute atomic E-state index is 0.240. The summed E-state index contributed by atoms with van der Waals surface area (Å²) in [5.74, 6) is -0.332. The van der Waals surface area contributed by atoms with E-state index in [-0.39, 0.29) is 11.8 Å². The Morgan fingerprint density at radius 3 is 2.14 bits per heavy atom. The van der Waals surface area contributed by atoms with Crippen LogP contribution >= 0.6 is 0 Å². The first kappa shape index (κ1) is 14.8. The van der Waals surface area contributed by atoms with Crippen LogP contribution in [0.1, 0.15) is 5.56 Å². The number of nitrogens with zero attached hydrogens (tertiary/aromatic N) is 2. The van der Waals surface area contributed by atoms with Crippen LogP contribution in [0.3, 0.4) is 0 Å². The summed E-state index contributed by atoms with van der Waals surface area (Å²) >= 11 is 0. The van der Waals surface area contributed by atoms with E-state index in [2.05, 4.69) is 6.58 Å². The van der Waals surface area contributed by atoms with Crippen molar-refractivity contribution in [3.8, 4) is 0 Å². The van der Waals surface area contributed by atoms with Crippen molar-refractivity contribution in [2.75, 3.05) is 19.0 Å². The Kier molecular flexibility index (Phi) is 4.38. The minimum Gasteiger partial charge on any atom is -0.297 e. The lowest BCUT2D eigenvalue weighted by Gasteiger charge is -2.26. The fourth-order valence-corrected chi connectivity index (χ4v) is 1.94. The van der Waals surface area contributed by atoms with Gasteiger partial charge >= 0.3 is 6.03 Å². The van der Waals surface area contributed by atoms with Crippen LogP contribution in [0.5, 0.6) is 0 Å². The van der Waals surface area contributed by atoms with Crippen molar-refractivity contribution < 1.29 is 9.18 Å². The van der Waals surface area contributed by atoms with Gasteiger partial charge in [0.2, 0.25) is 0 Å². The highest BCUT2D eigenvalue weighted by atomic mass is 19.1. The van der Waals surface area contributed by atoms with Gasteiger partial charge in [-0.2, -0.15) is 0 Å². The smallest absolute Gasteiger partial charge is 0.297 e. The van der Waals surface area contributed by atoms with E-state index in [9.17, 15) is 9.18 Å². The SMILES string of the molecule is C=C(c1ccccc1)N(C)C(=O)N(C)c1ccc(F)cc1. The molecule has 2 amide bonds. The first-order valence-electron chi connectivity index (χ1n) is 6.52. The number of anilines is 1. The molecule has 0 N–H and O–H groups in total. The molecule has 0 aliphatic heterocycles. The van der Waals surface area contributed by atoms with Crippen molar-refractivity contribution in [2.45, 2.75) is 0 Å². The third-order valence-electron chi connectivity index (χ3n) is 3.30. The molecule has 0 aliphatic carbocycles. The van der Waals surface area contributed by atoms with Gasteiger partial charge in [-0.15, -0.1) is 0 Å². The van der Waals surface area contributed by atoms with Crippen molar-refractivity contribution in [2.24, 2.45) is 0 Å². The monoisotopic (exact) mass is 284 g/mol. The number of halogens is 1. The van der Waals surface area contributed by atoms with E-state index in [1.54, 1.807) is 26.2 Å². The Balaban J connectivity index is 2.15. The summed E-state index contributed by atoms with van der Waals surface area (Å²) in [6, 6.07) is 15.0. The van der Waals surface area contributed by atoms with E-state index < -0.39 is 0 Å². The lowest BCUT2D eigenvalue weighted by Crippen LogP contribution is -2.37. The topological polar surface area (TPSA) is 23.6 Å². The normalized spacial score (nSPS) is 10.0. The molecule has 0 saturated carbocycles. The molecule has 0 unspecified atom stereocenters.